The van der Waals surface area contributed by atoms with Gasteiger partial charge in [-0.3, -0.25) is 0 Å². The first-order valence-electron chi connectivity index (χ1n) is 6.13. The molecule has 0 aliphatic carbocycles. The summed E-state index contributed by atoms with van der Waals surface area (Å²) >= 11 is 0. The second-order valence-corrected chi connectivity index (χ2v) is 5.88. The van der Waals surface area contributed by atoms with Crippen LogP contribution in [0.25, 0.3) is 0 Å². The normalized spacial score (nSPS) is 13.9. The van der Waals surface area contributed by atoms with Crippen molar-refractivity contribution in [3.8, 4) is 0 Å². The lowest BCUT2D eigenvalue weighted by atomic mass is 9.83. The maximum Gasteiger partial charge on any atom is 0.00908 e. The summed E-state index contributed by atoms with van der Waals surface area (Å²) in [5, 5.41) is 0. The Morgan fingerprint density at radius 3 is 2.06 bits per heavy atom. The number of hydrogen-bond acceptors (Lipinski definition) is 1. The molecule has 0 radical (unpaired) electrons. The Labute approximate surface area is 100 Å². The zero-order valence-electron chi connectivity index (χ0n) is 11.3. The van der Waals surface area contributed by atoms with E-state index in [0.717, 1.165) is 12.8 Å². The van der Waals surface area contributed by atoms with Gasteiger partial charge >= 0.3 is 0 Å². The summed E-state index contributed by atoms with van der Waals surface area (Å²) in [4.78, 5) is 0. The number of aryl methyl sites for hydroxylation is 2. The second-order valence-electron chi connectivity index (χ2n) is 5.88. The highest BCUT2D eigenvalue weighted by atomic mass is 14.7. The summed E-state index contributed by atoms with van der Waals surface area (Å²) in [5.41, 5.74) is 10.7. The van der Waals surface area contributed by atoms with Gasteiger partial charge in [-0.1, -0.05) is 39.0 Å². The second kappa shape index (κ2) is 5.01. The predicted octanol–water partition coefficient (Wildman–Crippen LogP) is 3.61. The minimum atomic E-state index is 0.205. The predicted molar refractivity (Wildman–Crippen MR) is 71.7 cm³/mol. The Bertz CT molecular complexity index is 327. The van der Waals surface area contributed by atoms with Crippen LogP contribution >= 0.6 is 0 Å². The number of nitrogens with two attached hydrogens (primary N) is 1. The summed E-state index contributed by atoms with van der Waals surface area (Å²) in [6.07, 6.45) is 2.16. The summed E-state index contributed by atoms with van der Waals surface area (Å²) in [7, 11) is 0. The Hall–Kier alpha value is -0.820. The van der Waals surface area contributed by atoms with E-state index in [9.17, 15) is 0 Å². The molecule has 90 valence electrons. The van der Waals surface area contributed by atoms with Gasteiger partial charge in [-0.2, -0.15) is 0 Å². The molecule has 1 aromatic carbocycles. The lowest BCUT2D eigenvalue weighted by Gasteiger charge is -2.27. The maximum atomic E-state index is 6.20. The molecule has 1 aromatic rings. The van der Waals surface area contributed by atoms with Gasteiger partial charge in [0, 0.05) is 6.04 Å². The fraction of sp³-hybridized carbons (Fsp3) is 0.600. The molecule has 0 bridgehead atoms. The van der Waals surface area contributed by atoms with Gasteiger partial charge in [0.2, 0.25) is 0 Å². The highest BCUT2D eigenvalue weighted by Gasteiger charge is 2.20. The van der Waals surface area contributed by atoms with Crippen LogP contribution in [0, 0.1) is 19.3 Å². The molecule has 1 rings (SSSR count). The molecule has 1 nitrogen and oxygen atoms in total. The van der Waals surface area contributed by atoms with Crippen LogP contribution in [0.1, 0.15) is 43.9 Å². The monoisotopic (exact) mass is 219 g/mol. The third kappa shape index (κ3) is 3.34. The molecule has 1 heteroatoms. The fourth-order valence-electron chi connectivity index (χ4n) is 1.98. The van der Waals surface area contributed by atoms with E-state index in [1.165, 1.54) is 16.7 Å². The van der Waals surface area contributed by atoms with Gasteiger partial charge in [-0.25, -0.2) is 0 Å². The van der Waals surface area contributed by atoms with E-state index in [0.29, 0.717) is 0 Å². The lowest BCUT2D eigenvalue weighted by molar-refractivity contribution is 0.306. The molecule has 0 saturated carbocycles. The number of benzene rings is 1. The zero-order valence-corrected chi connectivity index (χ0v) is 11.3. The molecular formula is C15H25N. The molecule has 1 atom stereocenters. The van der Waals surface area contributed by atoms with E-state index in [4.69, 9.17) is 5.73 Å². The molecule has 0 aliphatic heterocycles. The largest absolute Gasteiger partial charge is 0.327 e. The molecule has 0 amide bonds. The molecule has 2 N–H and O–H groups in total. The van der Waals surface area contributed by atoms with Gasteiger partial charge in [0.1, 0.15) is 0 Å². The van der Waals surface area contributed by atoms with E-state index in [1.807, 2.05) is 0 Å². The van der Waals surface area contributed by atoms with Crippen LogP contribution in [0.4, 0.5) is 0 Å². The summed E-state index contributed by atoms with van der Waals surface area (Å²) in [6, 6.07) is 6.76. The van der Waals surface area contributed by atoms with E-state index in [2.05, 4.69) is 52.8 Å². The van der Waals surface area contributed by atoms with Crippen LogP contribution in [0.2, 0.25) is 0 Å². The van der Waals surface area contributed by atoms with Crippen molar-refractivity contribution in [2.75, 3.05) is 0 Å². The third-order valence-electron chi connectivity index (χ3n) is 3.46. The van der Waals surface area contributed by atoms with Crippen molar-refractivity contribution < 1.29 is 0 Å². The first-order valence-corrected chi connectivity index (χ1v) is 6.13. The molecule has 0 heterocycles. The standard InChI is InChI=1S/C15H25N/c1-11-7-6-8-12(2)13(11)9-10-14(16)15(3,4)5/h6-8,14H,9-10,16H2,1-5H3. The van der Waals surface area contributed by atoms with Gasteiger partial charge in [-0.05, 0) is 48.8 Å². The Morgan fingerprint density at radius 1 is 1.12 bits per heavy atom. The maximum absolute atomic E-state index is 6.20. The third-order valence-corrected chi connectivity index (χ3v) is 3.46. The minimum Gasteiger partial charge on any atom is -0.327 e. The van der Waals surface area contributed by atoms with Crippen molar-refractivity contribution >= 4 is 0 Å². The fourth-order valence-corrected chi connectivity index (χ4v) is 1.98. The topological polar surface area (TPSA) is 26.0 Å². The molecule has 1 unspecified atom stereocenters. The van der Waals surface area contributed by atoms with E-state index in [-0.39, 0.29) is 11.5 Å². The van der Waals surface area contributed by atoms with Gasteiger partial charge < -0.3 is 5.73 Å². The molecule has 0 aromatic heterocycles. The van der Waals surface area contributed by atoms with Crippen molar-refractivity contribution in [2.45, 2.75) is 53.5 Å². The van der Waals surface area contributed by atoms with Gasteiger partial charge in [0.05, 0.1) is 0 Å². The van der Waals surface area contributed by atoms with E-state index < -0.39 is 0 Å². The summed E-state index contributed by atoms with van der Waals surface area (Å²) in [5.74, 6) is 0. The summed E-state index contributed by atoms with van der Waals surface area (Å²) < 4.78 is 0. The molecule has 0 saturated heterocycles. The minimum absolute atomic E-state index is 0.205. The average molecular weight is 219 g/mol. The van der Waals surface area contributed by atoms with Gasteiger partial charge in [0.25, 0.3) is 0 Å². The van der Waals surface area contributed by atoms with E-state index in [1.54, 1.807) is 0 Å². The molecule has 16 heavy (non-hydrogen) atoms. The van der Waals surface area contributed by atoms with Crippen molar-refractivity contribution in [3.05, 3.63) is 34.9 Å². The van der Waals surface area contributed by atoms with Crippen molar-refractivity contribution in [3.63, 3.8) is 0 Å². The Balaban J connectivity index is 2.69. The lowest BCUT2D eigenvalue weighted by Crippen LogP contribution is -2.35. The number of rotatable bonds is 3. The van der Waals surface area contributed by atoms with Crippen molar-refractivity contribution in [1.29, 1.82) is 0 Å². The summed E-state index contributed by atoms with van der Waals surface area (Å²) in [6.45, 7) is 11.0. The van der Waals surface area contributed by atoms with Crippen LogP contribution in [-0.2, 0) is 6.42 Å². The molecule has 0 spiro atoms. The highest BCUT2D eigenvalue weighted by molar-refractivity contribution is 5.33. The average Bonchev–Trinajstić information content (AvgIpc) is 2.15. The first-order chi connectivity index (χ1) is 7.32. The smallest absolute Gasteiger partial charge is 0.00908 e. The van der Waals surface area contributed by atoms with Crippen LogP contribution in [0.3, 0.4) is 0 Å². The molecule has 0 fully saturated rings. The van der Waals surface area contributed by atoms with Crippen LogP contribution in [0.5, 0.6) is 0 Å². The van der Waals surface area contributed by atoms with Gasteiger partial charge in [0.15, 0.2) is 0 Å². The van der Waals surface area contributed by atoms with Crippen molar-refractivity contribution in [2.24, 2.45) is 11.1 Å². The van der Waals surface area contributed by atoms with Crippen molar-refractivity contribution in [1.82, 2.24) is 0 Å². The number of hydrogen-bond donors (Lipinski definition) is 1. The first kappa shape index (κ1) is 13.2. The SMILES string of the molecule is Cc1cccc(C)c1CCC(N)C(C)(C)C. The zero-order chi connectivity index (χ0) is 12.3. The highest BCUT2D eigenvalue weighted by Crippen LogP contribution is 2.23. The van der Waals surface area contributed by atoms with E-state index >= 15 is 0 Å². The van der Waals surface area contributed by atoms with Crippen LogP contribution in [-0.4, -0.2) is 6.04 Å². The quantitative estimate of drug-likeness (QED) is 0.825. The van der Waals surface area contributed by atoms with Gasteiger partial charge in [-0.15, -0.1) is 0 Å². The molecule has 0 aliphatic rings. The molecular weight excluding hydrogens is 194 g/mol. The van der Waals surface area contributed by atoms with Crippen LogP contribution in [0.15, 0.2) is 18.2 Å². The Morgan fingerprint density at radius 2 is 1.62 bits per heavy atom. The van der Waals surface area contributed by atoms with Crippen LogP contribution < -0.4 is 5.73 Å². The Kier molecular flexibility index (Phi) is 4.15.